The number of aliphatic carboxylic acids is 1. The van der Waals surface area contributed by atoms with Gasteiger partial charge in [-0.3, -0.25) is 14.4 Å². The molecule has 13 heavy (non-hydrogen) atoms. The van der Waals surface area contributed by atoms with Gasteiger partial charge in [-0.1, -0.05) is 0 Å². The summed E-state index contributed by atoms with van der Waals surface area (Å²) in [5.41, 5.74) is 4.89. The first-order chi connectivity index (χ1) is 5.93. The second-order valence-electron chi connectivity index (χ2n) is 2.41. The Hall–Kier alpha value is -1.59. The molecule has 0 aliphatic rings. The molecule has 0 fully saturated rings. The maximum atomic E-state index is 10.6. The molecule has 6 nitrogen and oxygen atoms in total. The Morgan fingerprint density at radius 2 is 2.08 bits per heavy atom. The second kappa shape index (κ2) is 5.13. The molecular weight excluding hydrogens is 176 g/mol. The highest BCUT2D eigenvalue weighted by Gasteiger charge is 2.17. The molecule has 73 valence electrons. The first-order valence-electron chi connectivity index (χ1n) is 3.55. The maximum absolute atomic E-state index is 10.6. The van der Waals surface area contributed by atoms with Gasteiger partial charge >= 0.3 is 5.97 Å². The van der Waals surface area contributed by atoms with Crippen LogP contribution < -0.4 is 11.1 Å². The van der Waals surface area contributed by atoms with Gasteiger partial charge in [0.1, 0.15) is 6.04 Å². The highest BCUT2D eigenvalue weighted by molar-refractivity contribution is 5.87. The SMILES string of the molecule is CC(=O)NC([CH]CC(=O)O)C(N)=O. The maximum Gasteiger partial charge on any atom is 0.303 e. The summed E-state index contributed by atoms with van der Waals surface area (Å²) in [6.07, 6.45) is 0.806. The van der Waals surface area contributed by atoms with E-state index in [0.29, 0.717) is 0 Å². The Labute approximate surface area is 75.1 Å². The molecular formula is C7H11N2O4. The van der Waals surface area contributed by atoms with Crippen molar-refractivity contribution in [1.29, 1.82) is 0 Å². The molecule has 0 spiro atoms. The molecule has 6 heteroatoms. The van der Waals surface area contributed by atoms with Gasteiger partial charge in [0.05, 0.1) is 6.42 Å². The van der Waals surface area contributed by atoms with Crippen molar-refractivity contribution >= 4 is 17.8 Å². The highest BCUT2D eigenvalue weighted by Crippen LogP contribution is 1.94. The zero-order valence-electron chi connectivity index (χ0n) is 7.11. The third-order valence-electron chi connectivity index (χ3n) is 1.19. The van der Waals surface area contributed by atoms with Crippen LogP contribution in [0.4, 0.5) is 0 Å². The lowest BCUT2D eigenvalue weighted by atomic mass is 10.1. The highest BCUT2D eigenvalue weighted by atomic mass is 16.4. The molecule has 1 radical (unpaired) electrons. The van der Waals surface area contributed by atoms with Crippen molar-refractivity contribution in [3.8, 4) is 0 Å². The fourth-order valence-electron chi connectivity index (χ4n) is 0.684. The zero-order chi connectivity index (χ0) is 10.4. The number of amides is 2. The van der Waals surface area contributed by atoms with Gasteiger partial charge < -0.3 is 16.2 Å². The lowest BCUT2D eigenvalue weighted by Gasteiger charge is -2.11. The molecule has 0 aliphatic carbocycles. The van der Waals surface area contributed by atoms with E-state index in [-0.39, 0.29) is 6.42 Å². The minimum Gasteiger partial charge on any atom is -0.481 e. The summed E-state index contributed by atoms with van der Waals surface area (Å²) in [5.74, 6) is -2.31. The molecule has 0 heterocycles. The summed E-state index contributed by atoms with van der Waals surface area (Å²) in [6, 6.07) is -1.02. The van der Waals surface area contributed by atoms with Gasteiger partial charge in [0, 0.05) is 13.3 Å². The Kier molecular flexibility index (Phi) is 4.50. The van der Waals surface area contributed by atoms with E-state index in [0.717, 1.165) is 6.42 Å². The van der Waals surface area contributed by atoms with E-state index in [1.807, 2.05) is 0 Å². The molecule has 1 atom stereocenters. The molecule has 4 N–H and O–H groups in total. The van der Waals surface area contributed by atoms with E-state index in [4.69, 9.17) is 10.8 Å². The minimum atomic E-state index is -1.09. The molecule has 0 aliphatic heterocycles. The van der Waals surface area contributed by atoms with E-state index >= 15 is 0 Å². The van der Waals surface area contributed by atoms with Crippen molar-refractivity contribution in [3.63, 3.8) is 0 Å². The number of carbonyl (C=O) groups excluding carboxylic acids is 2. The Balaban J connectivity index is 4.02. The van der Waals surface area contributed by atoms with Crippen LogP contribution in [-0.2, 0) is 14.4 Å². The van der Waals surface area contributed by atoms with Crippen LogP contribution in [0.5, 0.6) is 0 Å². The van der Waals surface area contributed by atoms with Crippen molar-refractivity contribution in [1.82, 2.24) is 5.32 Å². The van der Waals surface area contributed by atoms with Gasteiger partial charge in [-0.15, -0.1) is 0 Å². The van der Waals surface area contributed by atoms with Crippen molar-refractivity contribution in [2.24, 2.45) is 5.73 Å². The number of carbonyl (C=O) groups is 3. The number of hydrogen-bond acceptors (Lipinski definition) is 3. The quantitative estimate of drug-likeness (QED) is 0.494. The first kappa shape index (κ1) is 11.4. The molecule has 1 unspecified atom stereocenters. The fourth-order valence-corrected chi connectivity index (χ4v) is 0.684. The summed E-state index contributed by atoms with van der Waals surface area (Å²) in [5, 5.41) is 10.5. The van der Waals surface area contributed by atoms with E-state index in [2.05, 4.69) is 5.32 Å². The molecule has 0 rings (SSSR count). The fraction of sp³-hybridized carbons (Fsp3) is 0.429. The smallest absolute Gasteiger partial charge is 0.303 e. The van der Waals surface area contributed by atoms with Crippen LogP contribution in [0.15, 0.2) is 0 Å². The molecule has 0 saturated carbocycles. The standard InChI is InChI=1S/C7H11N2O4/c1-4(10)9-5(7(8)13)2-3-6(11)12/h2,5H,3H2,1H3,(H2,8,13)(H,9,10)(H,11,12). The largest absolute Gasteiger partial charge is 0.481 e. The van der Waals surface area contributed by atoms with Gasteiger partial charge in [0.15, 0.2) is 0 Å². The van der Waals surface area contributed by atoms with Crippen molar-refractivity contribution in [2.75, 3.05) is 0 Å². The van der Waals surface area contributed by atoms with Gasteiger partial charge in [-0.05, 0) is 0 Å². The van der Waals surface area contributed by atoms with Crippen LogP contribution in [0.2, 0.25) is 0 Å². The van der Waals surface area contributed by atoms with Crippen LogP contribution in [0.3, 0.4) is 0 Å². The molecule has 0 aromatic rings. The topological polar surface area (TPSA) is 109 Å². The summed E-state index contributed by atoms with van der Waals surface area (Å²) >= 11 is 0. The van der Waals surface area contributed by atoms with Gasteiger partial charge in [-0.25, -0.2) is 0 Å². The summed E-state index contributed by atoms with van der Waals surface area (Å²) in [6.45, 7) is 1.21. The van der Waals surface area contributed by atoms with Crippen molar-refractivity contribution < 1.29 is 19.5 Å². The Morgan fingerprint density at radius 1 is 1.54 bits per heavy atom. The predicted molar refractivity (Wildman–Crippen MR) is 43.4 cm³/mol. The van der Waals surface area contributed by atoms with Crippen LogP contribution in [0.1, 0.15) is 13.3 Å². The zero-order valence-corrected chi connectivity index (χ0v) is 7.11. The molecule has 0 aromatic heterocycles. The van der Waals surface area contributed by atoms with Crippen LogP contribution in [0, 0.1) is 6.42 Å². The number of rotatable bonds is 5. The van der Waals surface area contributed by atoms with E-state index < -0.39 is 23.8 Å². The van der Waals surface area contributed by atoms with Crippen LogP contribution in [0.25, 0.3) is 0 Å². The monoisotopic (exact) mass is 187 g/mol. The molecule has 0 aromatic carbocycles. The summed E-state index contributed by atoms with van der Waals surface area (Å²) in [7, 11) is 0. The van der Waals surface area contributed by atoms with E-state index in [1.54, 1.807) is 0 Å². The molecule has 2 amide bonds. The number of primary amides is 1. The first-order valence-corrected chi connectivity index (χ1v) is 3.55. The minimum absolute atomic E-state index is 0.326. The Bertz CT molecular complexity index is 227. The van der Waals surface area contributed by atoms with Crippen molar-refractivity contribution in [3.05, 3.63) is 6.42 Å². The number of hydrogen-bond donors (Lipinski definition) is 3. The number of nitrogens with one attached hydrogen (secondary N) is 1. The molecule has 0 saturated heterocycles. The number of carboxylic acid groups (broad SMARTS) is 1. The second-order valence-corrected chi connectivity index (χ2v) is 2.41. The average Bonchev–Trinajstić information content (AvgIpc) is 1.96. The van der Waals surface area contributed by atoms with Crippen molar-refractivity contribution in [2.45, 2.75) is 19.4 Å². The van der Waals surface area contributed by atoms with Gasteiger partial charge in [0.25, 0.3) is 0 Å². The van der Waals surface area contributed by atoms with Crippen LogP contribution >= 0.6 is 0 Å². The van der Waals surface area contributed by atoms with E-state index in [9.17, 15) is 14.4 Å². The number of carboxylic acids is 1. The van der Waals surface area contributed by atoms with Crippen LogP contribution in [-0.4, -0.2) is 28.9 Å². The molecule has 0 bridgehead atoms. The lowest BCUT2D eigenvalue weighted by Crippen LogP contribution is -2.44. The predicted octanol–water partition coefficient (Wildman–Crippen LogP) is -1.34. The van der Waals surface area contributed by atoms with Gasteiger partial charge in [-0.2, -0.15) is 0 Å². The Morgan fingerprint density at radius 3 is 2.38 bits per heavy atom. The average molecular weight is 187 g/mol. The summed E-state index contributed by atoms with van der Waals surface area (Å²) in [4.78, 5) is 31.3. The lowest BCUT2D eigenvalue weighted by molar-refractivity contribution is -0.136. The van der Waals surface area contributed by atoms with E-state index in [1.165, 1.54) is 6.92 Å². The summed E-state index contributed by atoms with van der Waals surface area (Å²) < 4.78 is 0. The third-order valence-corrected chi connectivity index (χ3v) is 1.19. The third kappa shape index (κ3) is 5.66. The normalized spacial score (nSPS) is 11.8. The number of nitrogens with two attached hydrogens (primary N) is 1. The van der Waals surface area contributed by atoms with Gasteiger partial charge in [0.2, 0.25) is 11.8 Å².